The summed E-state index contributed by atoms with van der Waals surface area (Å²) in [5.74, 6) is 2.09. The Morgan fingerprint density at radius 3 is 2.40 bits per heavy atom. The van der Waals surface area contributed by atoms with Gasteiger partial charge < -0.3 is 24.1 Å². The molecule has 1 aliphatic rings. The van der Waals surface area contributed by atoms with Crippen LogP contribution in [0.5, 0.6) is 23.0 Å². The lowest BCUT2D eigenvalue weighted by molar-refractivity contribution is -0.177. The third-order valence-corrected chi connectivity index (χ3v) is 4.83. The summed E-state index contributed by atoms with van der Waals surface area (Å²) in [5, 5.41) is 11.7. The van der Waals surface area contributed by atoms with Gasteiger partial charge in [0.15, 0.2) is 23.0 Å². The number of nitrogens with zero attached hydrogens (tertiary/aromatic N) is 1. The van der Waals surface area contributed by atoms with E-state index in [1.54, 1.807) is 26.5 Å². The molecule has 1 aromatic heterocycles. The molecule has 0 fully saturated rings. The van der Waals surface area contributed by atoms with Crippen molar-refractivity contribution in [1.82, 2.24) is 4.98 Å². The molecule has 3 aromatic rings. The first-order valence-corrected chi connectivity index (χ1v) is 10.3. The number of pyridine rings is 1. The van der Waals surface area contributed by atoms with Crippen LogP contribution in [0.3, 0.4) is 0 Å². The normalized spacial score (nSPS) is 16.8. The van der Waals surface area contributed by atoms with Crippen molar-refractivity contribution < 1.29 is 24.1 Å². The van der Waals surface area contributed by atoms with Gasteiger partial charge in [0.2, 0.25) is 0 Å². The van der Waals surface area contributed by atoms with Crippen molar-refractivity contribution in [2.75, 3.05) is 14.2 Å². The van der Waals surface area contributed by atoms with Crippen LogP contribution in [-0.4, -0.2) is 29.7 Å². The number of aromatic nitrogens is 1. The van der Waals surface area contributed by atoms with Crippen molar-refractivity contribution in [1.29, 1.82) is 0 Å². The summed E-state index contributed by atoms with van der Waals surface area (Å²) in [6.45, 7) is 6.09. The number of benzene rings is 2. The zero-order valence-electron chi connectivity index (χ0n) is 17.8. The number of hydrogen-bond donors (Lipinski definition) is 1. The standard InChI is InChI=1S/C21H20ClNO5.C2H6/c1-4-5-12-9-18-19(28-21(22,24)27-18)10-14(12)16-8-13-6-7-17(25-2)20(26-3)15(13)11-23-16;1-2/h6-11,24H,4-5H2,1-3H3;1-2H3. The van der Waals surface area contributed by atoms with Crippen molar-refractivity contribution in [2.45, 2.75) is 39.0 Å². The fourth-order valence-electron chi connectivity index (χ4n) is 3.46. The van der Waals surface area contributed by atoms with Crippen LogP contribution in [0.4, 0.5) is 0 Å². The molecule has 30 heavy (non-hydrogen) atoms. The Balaban J connectivity index is 0.00000124. The molecule has 6 nitrogen and oxygen atoms in total. The lowest BCUT2D eigenvalue weighted by atomic mass is 9.98. The molecule has 0 spiro atoms. The lowest BCUT2D eigenvalue weighted by Crippen LogP contribution is -2.30. The molecule has 0 saturated heterocycles. The summed E-state index contributed by atoms with van der Waals surface area (Å²) in [6, 6.07) is 9.46. The molecule has 2 aromatic carbocycles. The molecule has 4 rings (SSSR count). The number of alkyl halides is 1. The summed E-state index contributed by atoms with van der Waals surface area (Å²) < 4.78 is 21.4. The van der Waals surface area contributed by atoms with Gasteiger partial charge in [-0.15, -0.1) is 0 Å². The molecular formula is C23H26ClNO5. The Labute approximate surface area is 181 Å². The van der Waals surface area contributed by atoms with Gasteiger partial charge in [0.05, 0.1) is 19.9 Å². The molecule has 0 radical (unpaired) electrons. The van der Waals surface area contributed by atoms with E-state index in [4.69, 9.17) is 30.5 Å². The number of fused-ring (bicyclic) bond motifs is 2. The second-order valence-electron chi connectivity index (χ2n) is 6.51. The Kier molecular flexibility index (Phi) is 6.58. The average Bonchev–Trinajstić information content (AvgIpc) is 3.06. The van der Waals surface area contributed by atoms with Gasteiger partial charge in [-0.1, -0.05) is 33.3 Å². The zero-order chi connectivity index (χ0) is 21.9. The third-order valence-electron chi connectivity index (χ3n) is 4.68. The Hall–Kier alpha value is -2.70. The molecule has 1 unspecified atom stereocenters. The molecule has 2 heterocycles. The summed E-state index contributed by atoms with van der Waals surface area (Å²) >= 11 is 5.77. The van der Waals surface area contributed by atoms with E-state index in [0.29, 0.717) is 23.0 Å². The fraction of sp³-hybridized carbons (Fsp3) is 0.348. The first kappa shape index (κ1) is 22.0. The average molecular weight is 432 g/mol. The van der Waals surface area contributed by atoms with E-state index < -0.39 is 5.43 Å². The highest BCUT2D eigenvalue weighted by molar-refractivity contribution is 6.21. The van der Waals surface area contributed by atoms with Gasteiger partial charge in [-0.3, -0.25) is 4.98 Å². The van der Waals surface area contributed by atoms with Crippen molar-refractivity contribution in [3.05, 3.63) is 42.1 Å². The van der Waals surface area contributed by atoms with Gasteiger partial charge in [0, 0.05) is 28.7 Å². The number of aliphatic hydroxyl groups is 1. The number of aryl methyl sites for hydroxylation is 1. The second-order valence-corrected chi connectivity index (χ2v) is 6.98. The minimum absolute atomic E-state index is 0.376. The lowest BCUT2D eigenvalue weighted by Gasteiger charge is -2.13. The molecule has 1 N–H and O–H groups in total. The summed E-state index contributed by atoms with van der Waals surface area (Å²) in [6.07, 6.45) is 3.53. The van der Waals surface area contributed by atoms with Gasteiger partial charge in [-0.05, 0) is 41.6 Å². The van der Waals surface area contributed by atoms with Crippen LogP contribution >= 0.6 is 11.6 Å². The zero-order valence-corrected chi connectivity index (χ0v) is 18.5. The van der Waals surface area contributed by atoms with Crippen LogP contribution in [0, 0.1) is 0 Å². The number of rotatable bonds is 5. The largest absolute Gasteiger partial charge is 0.493 e. The van der Waals surface area contributed by atoms with E-state index in [2.05, 4.69) is 11.9 Å². The predicted molar refractivity (Wildman–Crippen MR) is 118 cm³/mol. The van der Waals surface area contributed by atoms with Crippen LogP contribution < -0.4 is 18.9 Å². The summed E-state index contributed by atoms with van der Waals surface area (Å²) in [7, 11) is 3.21. The van der Waals surface area contributed by atoms with Crippen molar-refractivity contribution in [3.8, 4) is 34.3 Å². The molecule has 1 aliphatic heterocycles. The second kappa shape index (κ2) is 8.98. The van der Waals surface area contributed by atoms with E-state index in [0.717, 1.165) is 40.4 Å². The fourth-order valence-corrected chi connectivity index (χ4v) is 3.63. The van der Waals surface area contributed by atoms with Gasteiger partial charge >= 0.3 is 5.43 Å². The minimum atomic E-state index is -2.18. The van der Waals surface area contributed by atoms with Gasteiger partial charge in [-0.2, -0.15) is 0 Å². The minimum Gasteiger partial charge on any atom is -0.493 e. The molecule has 0 saturated carbocycles. The molecule has 160 valence electrons. The van der Waals surface area contributed by atoms with E-state index in [1.807, 2.05) is 38.1 Å². The SMILES string of the molecule is CC.CCCc1cc2c(cc1-c1cc3ccc(OC)c(OC)c3cn1)OC(O)(Cl)O2. The smallest absolute Gasteiger partial charge is 0.460 e. The summed E-state index contributed by atoms with van der Waals surface area (Å²) in [5.41, 5.74) is 0.534. The van der Waals surface area contributed by atoms with E-state index >= 15 is 0 Å². The first-order chi connectivity index (χ1) is 14.5. The topological polar surface area (TPSA) is 70.0 Å². The van der Waals surface area contributed by atoms with Gasteiger partial charge in [0.1, 0.15) is 0 Å². The maximum absolute atomic E-state index is 9.83. The molecule has 0 aliphatic carbocycles. The molecule has 1 atom stereocenters. The Bertz CT molecular complexity index is 1050. The molecular weight excluding hydrogens is 406 g/mol. The summed E-state index contributed by atoms with van der Waals surface area (Å²) in [4.78, 5) is 4.64. The molecule has 0 bridgehead atoms. The Morgan fingerprint density at radius 2 is 1.77 bits per heavy atom. The van der Waals surface area contributed by atoms with Gasteiger partial charge in [-0.25, -0.2) is 0 Å². The van der Waals surface area contributed by atoms with Crippen molar-refractivity contribution in [3.63, 3.8) is 0 Å². The highest BCUT2D eigenvalue weighted by atomic mass is 35.5. The maximum Gasteiger partial charge on any atom is 0.460 e. The third kappa shape index (κ3) is 4.11. The van der Waals surface area contributed by atoms with Crippen molar-refractivity contribution >= 4 is 22.4 Å². The van der Waals surface area contributed by atoms with Gasteiger partial charge in [0.25, 0.3) is 0 Å². The quantitative estimate of drug-likeness (QED) is 0.537. The molecule has 7 heteroatoms. The van der Waals surface area contributed by atoms with Crippen molar-refractivity contribution in [2.24, 2.45) is 0 Å². The number of methoxy groups -OCH3 is 2. The number of hydrogen-bond acceptors (Lipinski definition) is 6. The van der Waals surface area contributed by atoms with E-state index in [1.165, 1.54) is 0 Å². The predicted octanol–water partition coefficient (Wildman–Crippen LogP) is 5.51. The number of halogens is 1. The van der Waals surface area contributed by atoms with Crippen LogP contribution in [0.2, 0.25) is 0 Å². The number of ether oxygens (including phenoxy) is 4. The monoisotopic (exact) mass is 431 g/mol. The van der Waals surface area contributed by atoms with Crippen LogP contribution in [-0.2, 0) is 6.42 Å². The first-order valence-electron chi connectivity index (χ1n) is 9.93. The van der Waals surface area contributed by atoms with Crippen LogP contribution in [0.15, 0.2) is 36.5 Å². The van der Waals surface area contributed by atoms with Crippen LogP contribution in [0.1, 0.15) is 32.8 Å². The van der Waals surface area contributed by atoms with Crippen LogP contribution in [0.25, 0.3) is 22.0 Å². The Morgan fingerprint density at radius 1 is 1.07 bits per heavy atom. The maximum atomic E-state index is 9.83. The van der Waals surface area contributed by atoms with E-state index in [-0.39, 0.29) is 0 Å². The highest BCUT2D eigenvalue weighted by Gasteiger charge is 2.38. The van der Waals surface area contributed by atoms with E-state index in [9.17, 15) is 5.11 Å². The highest BCUT2D eigenvalue weighted by Crippen LogP contribution is 2.45. The molecule has 0 amide bonds.